The van der Waals surface area contributed by atoms with Gasteiger partial charge in [0.15, 0.2) is 0 Å². The van der Waals surface area contributed by atoms with Crippen molar-refractivity contribution in [1.29, 1.82) is 0 Å². The van der Waals surface area contributed by atoms with Gasteiger partial charge in [-0.05, 0) is 44.2 Å². The summed E-state index contributed by atoms with van der Waals surface area (Å²) in [4.78, 5) is 15.3. The first-order valence-electron chi connectivity index (χ1n) is 5.83. The smallest absolute Gasteiger partial charge is 0.306 e. The molecule has 0 amide bonds. The summed E-state index contributed by atoms with van der Waals surface area (Å²) in [6, 6.07) is 4.02. The van der Waals surface area contributed by atoms with Crippen LogP contribution in [0, 0.1) is 12.8 Å². The summed E-state index contributed by atoms with van der Waals surface area (Å²) < 4.78 is 0. The van der Waals surface area contributed by atoms with Gasteiger partial charge in [0.1, 0.15) is 0 Å². The van der Waals surface area contributed by atoms with E-state index in [1.54, 1.807) is 0 Å². The van der Waals surface area contributed by atoms with Crippen LogP contribution in [0.25, 0.3) is 0 Å². The molecule has 16 heavy (non-hydrogen) atoms. The van der Waals surface area contributed by atoms with Gasteiger partial charge in [-0.1, -0.05) is 6.07 Å². The third kappa shape index (κ3) is 2.23. The van der Waals surface area contributed by atoms with E-state index in [0.717, 1.165) is 31.4 Å². The number of pyridine rings is 1. The molecule has 0 aliphatic heterocycles. The molecule has 0 saturated heterocycles. The van der Waals surface area contributed by atoms with Crippen molar-refractivity contribution in [3.63, 3.8) is 0 Å². The predicted molar refractivity (Wildman–Crippen MR) is 61.3 cm³/mol. The van der Waals surface area contributed by atoms with E-state index in [0.29, 0.717) is 5.92 Å². The molecule has 1 aromatic heterocycles. The van der Waals surface area contributed by atoms with Gasteiger partial charge in [-0.15, -0.1) is 0 Å². The predicted octanol–water partition coefficient (Wildman–Crippen LogP) is 2.75. The van der Waals surface area contributed by atoms with Crippen molar-refractivity contribution in [2.45, 2.75) is 38.5 Å². The van der Waals surface area contributed by atoms with Crippen molar-refractivity contribution in [3.05, 3.63) is 29.6 Å². The van der Waals surface area contributed by atoms with Crippen LogP contribution < -0.4 is 0 Å². The summed E-state index contributed by atoms with van der Waals surface area (Å²) in [7, 11) is 0. The van der Waals surface area contributed by atoms with Crippen LogP contribution in [0.3, 0.4) is 0 Å². The van der Waals surface area contributed by atoms with E-state index in [1.165, 1.54) is 5.56 Å². The van der Waals surface area contributed by atoms with Gasteiger partial charge in [-0.3, -0.25) is 9.78 Å². The molecule has 1 heterocycles. The fourth-order valence-corrected chi connectivity index (χ4v) is 2.54. The molecule has 0 spiro atoms. The molecule has 1 saturated carbocycles. The van der Waals surface area contributed by atoms with Gasteiger partial charge < -0.3 is 5.11 Å². The summed E-state index contributed by atoms with van der Waals surface area (Å²) >= 11 is 0. The normalized spacial score (nSPS) is 25.3. The molecule has 0 bridgehead atoms. The number of aliphatic carboxylic acids is 1. The van der Waals surface area contributed by atoms with E-state index in [4.69, 9.17) is 5.11 Å². The van der Waals surface area contributed by atoms with Crippen molar-refractivity contribution < 1.29 is 9.90 Å². The minimum atomic E-state index is -0.642. The highest BCUT2D eigenvalue weighted by Gasteiger charge is 2.27. The minimum absolute atomic E-state index is 0.139. The Balaban J connectivity index is 2.05. The molecule has 0 unspecified atom stereocenters. The Kier molecular flexibility index (Phi) is 3.22. The first kappa shape index (κ1) is 11.1. The Morgan fingerprint density at radius 2 is 2.06 bits per heavy atom. The van der Waals surface area contributed by atoms with Crippen LogP contribution in [0.4, 0.5) is 0 Å². The fourth-order valence-electron chi connectivity index (χ4n) is 2.54. The van der Waals surface area contributed by atoms with Crippen LogP contribution in [0.5, 0.6) is 0 Å². The van der Waals surface area contributed by atoms with Crippen LogP contribution in [0.1, 0.15) is 42.9 Å². The highest BCUT2D eigenvalue weighted by atomic mass is 16.4. The van der Waals surface area contributed by atoms with Gasteiger partial charge in [-0.25, -0.2) is 0 Å². The fraction of sp³-hybridized carbons (Fsp3) is 0.538. The summed E-state index contributed by atoms with van der Waals surface area (Å²) in [6.45, 7) is 2.08. The Morgan fingerprint density at radius 3 is 2.62 bits per heavy atom. The molecule has 0 radical (unpaired) electrons. The molecule has 1 aliphatic rings. The van der Waals surface area contributed by atoms with Gasteiger partial charge in [-0.2, -0.15) is 0 Å². The van der Waals surface area contributed by atoms with Gasteiger partial charge >= 0.3 is 5.97 Å². The first-order chi connectivity index (χ1) is 7.68. The lowest BCUT2D eigenvalue weighted by Crippen LogP contribution is -2.21. The molecule has 86 valence electrons. The van der Waals surface area contributed by atoms with E-state index in [1.807, 2.05) is 12.3 Å². The molecule has 3 heteroatoms. The van der Waals surface area contributed by atoms with Crippen LogP contribution >= 0.6 is 0 Å². The topological polar surface area (TPSA) is 50.2 Å². The number of hydrogen-bond acceptors (Lipinski definition) is 2. The van der Waals surface area contributed by atoms with E-state index in [9.17, 15) is 4.79 Å². The Bertz CT molecular complexity index is 381. The van der Waals surface area contributed by atoms with E-state index < -0.39 is 5.97 Å². The van der Waals surface area contributed by atoms with Crippen molar-refractivity contribution in [2.75, 3.05) is 0 Å². The summed E-state index contributed by atoms with van der Waals surface area (Å²) in [5.41, 5.74) is 2.38. The zero-order valence-corrected chi connectivity index (χ0v) is 9.52. The van der Waals surface area contributed by atoms with Crippen molar-refractivity contribution in [1.82, 2.24) is 4.98 Å². The lowest BCUT2D eigenvalue weighted by atomic mass is 9.79. The standard InChI is InChI=1S/C13H17NO2/c1-9-3-2-8-14-12(9)10-4-6-11(7-5-10)13(15)16/h2-3,8,10-11H,4-7H2,1H3,(H,15,16). The van der Waals surface area contributed by atoms with Crippen molar-refractivity contribution in [2.24, 2.45) is 5.92 Å². The largest absolute Gasteiger partial charge is 0.481 e. The molecule has 0 aromatic carbocycles. The number of rotatable bonds is 2. The molecule has 1 aromatic rings. The first-order valence-corrected chi connectivity index (χ1v) is 5.83. The van der Waals surface area contributed by atoms with Gasteiger partial charge in [0.05, 0.1) is 5.92 Å². The average Bonchev–Trinajstić information content (AvgIpc) is 2.30. The zero-order valence-electron chi connectivity index (χ0n) is 9.52. The third-order valence-corrected chi connectivity index (χ3v) is 3.51. The lowest BCUT2D eigenvalue weighted by molar-refractivity contribution is -0.142. The molecule has 1 aliphatic carbocycles. The molecule has 1 fully saturated rings. The minimum Gasteiger partial charge on any atom is -0.481 e. The molecular formula is C13H17NO2. The van der Waals surface area contributed by atoms with Crippen molar-refractivity contribution >= 4 is 5.97 Å². The van der Waals surface area contributed by atoms with Gasteiger partial charge in [0.25, 0.3) is 0 Å². The van der Waals surface area contributed by atoms with Gasteiger partial charge in [0.2, 0.25) is 0 Å². The summed E-state index contributed by atoms with van der Waals surface area (Å²) in [5, 5.41) is 8.93. The van der Waals surface area contributed by atoms with Crippen LogP contribution in [0.15, 0.2) is 18.3 Å². The van der Waals surface area contributed by atoms with E-state index >= 15 is 0 Å². The van der Waals surface area contributed by atoms with Crippen molar-refractivity contribution in [3.8, 4) is 0 Å². The molecule has 0 atom stereocenters. The molecule has 3 nitrogen and oxygen atoms in total. The second-order valence-corrected chi connectivity index (χ2v) is 4.59. The lowest BCUT2D eigenvalue weighted by Gasteiger charge is -2.26. The number of carboxylic acid groups (broad SMARTS) is 1. The van der Waals surface area contributed by atoms with E-state index in [-0.39, 0.29) is 5.92 Å². The van der Waals surface area contributed by atoms with Crippen LogP contribution in [-0.4, -0.2) is 16.1 Å². The summed E-state index contributed by atoms with van der Waals surface area (Å²) in [6.07, 6.45) is 5.31. The third-order valence-electron chi connectivity index (χ3n) is 3.51. The Morgan fingerprint density at radius 1 is 1.38 bits per heavy atom. The summed E-state index contributed by atoms with van der Waals surface area (Å²) in [5.74, 6) is -0.326. The molecule has 1 N–H and O–H groups in total. The van der Waals surface area contributed by atoms with Gasteiger partial charge in [0, 0.05) is 17.8 Å². The number of nitrogens with zero attached hydrogens (tertiary/aromatic N) is 1. The monoisotopic (exact) mass is 219 g/mol. The molecule has 2 rings (SSSR count). The second kappa shape index (κ2) is 4.64. The van der Waals surface area contributed by atoms with Crippen LogP contribution in [-0.2, 0) is 4.79 Å². The highest BCUT2D eigenvalue weighted by molar-refractivity contribution is 5.70. The average molecular weight is 219 g/mol. The number of hydrogen-bond donors (Lipinski definition) is 1. The quantitative estimate of drug-likeness (QED) is 0.832. The number of aromatic nitrogens is 1. The second-order valence-electron chi connectivity index (χ2n) is 4.59. The van der Waals surface area contributed by atoms with E-state index in [2.05, 4.69) is 18.0 Å². The maximum Gasteiger partial charge on any atom is 0.306 e. The Labute approximate surface area is 95.5 Å². The maximum atomic E-state index is 10.8. The van der Waals surface area contributed by atoms with Crippen LogP contribution in [0.2, 0.25) is 0 Å². The number of carboxylic acids is 1. The SMILES string of the molecule is Cc1cccnc1C1CCC(C(=O)O)CC1. The zero-order chi connectivity index (χ0) is 11.5. The highest BCUT2D eigenvalue weighted by Crippen LogP contribution is 2.35. The number of carbonyl (C=O) groups is 1. The molecular weight excluding hydrogens is 202 g/mol. The number of aryl methyl sites for hydroxylation is 1. The Hall–Kier alpha value is -1.38. The maximum absolute atomic E-state index is 10.8.